The number of guanidine groups is 1. The number of hydrogen-bond acceptors (Lipinski definition) is 3. The fourth-order valence-electron chi connectivity index (χ4n) is 2.66. The largest absolute Gasteiger partial charge is 0.357 e. The van der Waals surface area contributed by atoms with Gasteiger partial charge in [0.15, 0.2) is 5.96 Å². The smallest absolute Gasteiger partial charge is 0.191 e. The summed E-state index contributed by atoms with van der Waals surface area (Å²) in [5.74, 6) is 0.934. The van der Waals surface area contributed by atoms with E-state index in [4.69, 9.17) is 0 Å². The Kier molecular flexibility index (Phi) is 6.33. The maximum atomic E-state index is 4.65. The van der Waals surface area contributed by atoms with Crippen molar-refractivity contribution in [2.45, 2.75) is 39.3 Å². The number of rotatable bonds is 6. The van der Waals surface area contributed by atoms with Crippen molar-refractivity contribution in [2.75, 3.05) is 26.2 Å². The normalized spacial score (nSPS) is 20.3. The topological polar surface area (TPSA) is 39.7 Å². The second-order valence-corrected chi connectivity index (χ2v) is 6.11. The lowest BCUT2D eigenvalue weighted by molar-refractivity contribution is 0.267. The van der Waals surface area contributed by atoms with Crippen LogP contribution in [0, 0.1) is 0 Å². The first kappa shape index (κ1) is 15.3. The second-order valence-electron chi connectivity index (χ2n) is 5.08. The summed E-state index contributed by atoms with van der Waals surface area (Å²) in [5, 5.41) is 8.92. The summed E-state index contributed by atoms with van der Waals surface area (Å²) in [7, 11) is 0. The minimum Gasteiger partial charge on any atom is -0.357 e. The van der Waals surface area contributed by atoms with Gasteiger partial charge in [-0.3, -0.25) is 4.90 Å². The van der Waals surface area contributed by atoms with Crippen molar-refractivity contribution in [1.82, 2.24) is 15.5 Å². The number of likely N-dealkylation sites (tertiary alicyclic amines) is 1. The molecule has 1 aromatic rings. The molecule has 1 aromatic heterocycles. The zero-order valence-corrected chi connectivity index (χ0v) is 13.4. The van der Waals surface area contributed by atoms with Gasteiger partial charge in [0, 0.05) is 24.0 Å². The minimum atomic E-state index is 0.658. The van der Waals surface area contributed by atoms with Crippen LogP contribution in [0.2, 0.25) is 0 Å². The number of hydrogen-bond donors (Lipinski definition) is 2. The molecule has 0 amide bonds. The molecule has 2 rings (SSSR count). The molecule has 2 N–H and O–H groups in total. The molecule has 112 valence electrons. The lowest BCUT2D eigenvalue weighted by Gasteiger charge is -2.23. The Balaban J connectivity index is 1.83. The van der Waals surface area contributed by atoms with Crippen molar-refractivity contribution in [3.05, 3.63) is 22.4 Å². The molecule has 0 aromatic carbocycles. The maximum absolute atomic E-state index is 4.65. The molecule has 1 aliphatic heterocycles. The lowest BCUT2D eigenvalue weighted by Crippen LogP contribution is -2.44. The summed E-state index contributed by atoms with van der Waals surface area (Å²) in [4.78, 5) is 8.51. The van der Waals surface area contributed by atoms with E-state index in [1.807, 2.05) is 0 Å². The van der Waals surface area contributed by atoms with Gasteiger partial charge in [0.2, 0.25) is 0 Å². The highest BCUT2D eigenvalue weighted by Gasteiger charge is 2.22. The van der Waals surface area contributed by atoms with Crippen LogP contribution in [0.1, 0.15) is 31.6 Å². The van der Waals surface area contributed by atoms with Gasteiger partial charge in [0.1, 0.15) is 0 Å². The quantitative estimate of drug-likeness (QED) is 0.625. The van der Waals surface area contributed by atoms with Gasteiger partial charge >= 0.3 is 0 Å². The van der Waals surface area contributed by atoms with Crippen LogP contribution in [0.15, 0.2) is 22.5 Å². The molecule has 0 radical (unpaired) electrons. The molecular weight excluding hydrogens is 268 g/mol. The van der Waals surface area contributed by atoms with Crippen LogP contribution < -0.4 is 10.6 Å². The molecule has 1 saturated heterocycles. The number of aliphatic imine (C=N–C) groups is 1. The van der Waals surface area contributed by atoms with Crippen LogP contribution in [-0.4, -0.2) is 43.1 Å². The molecule has 0 aliphatic carbocycles. The highest BCUT2D eigenvalue weighted by molar-refractivity contribution is 7.09. The molecular formula is C15H26N4S. The van der Waals surface area contributed by atoms with Crippen molar-refractivity contribution in [2.24, 2.45) is 4.99 Å². The van der Waals surface area contributed by atoms with Crippen molar-refractivity contribution >= 4 is 17.3 Å². The van der Waals surface area contributed by atoms with Crippen molar-refractivity contribution in [1.29, 1.82) is 0 Å². The Bertz CT molecular complexity index is 402. The monoisotopic (exact) mass is 294 g/mol. The highest BCUT2D eigenvalue weighted by Crippen LogP contribution is 2.15. The first-order valence-electron chi connectivity index (χ1n) is 7.62. The fourth-order valence-corrected chi connectivity index (χ4v) is 3.29. The molecule has 0 bridgehead atoms. The number of nitrogens with zero attached hydrogens (tertiary/aromatic N) is 2. The average molecular weight is 294 g/mol. The summed E-state index contributed by atoms with van der Waals surface area (Å²) < 4.78 is 0. The molecule has 1 unspecified atom stereocenters. The maximum Gasteiger partial charge on any atom is 0.191 e. The van der Waals surface area contributed by atoms with E-state index in [9.17, 15) is 0 Å². The lowest BCUT2D eigenvalue weighted by atomic mass is 10.2. The summed E-state index contributed by atoms with van der Waals surface area (Å²) >= 11 is 1.76. The Morgan fingerprint density at radius 1 is 1.45 bits per heavy atom. The van der Waals surface area contributed by atoms with Gasteiger partial charge in [-0.25, -0.2) is 4.99 Å². The molecule has 2 heterocycles. The average Bonchev–Trinajstić information content (AvgIpc) is 3.12. The van der Waals surface area contributed by atoms with E-state index in [0.29, 0.717) is 6.04 Å². The van der Waals surface area contributed by atoms with Gasteiger partial charge in [-0.15, -0.1) is 11.3 Å². The first-order chi connectivity index (χ1) is 9.83. The van der Waals surface area contributed by atoms with Gasteiger partial charge in [-0.1, -0.05) is 13.0 Å². The highest BCUT2D eigenvalue weighted by atomic mass is 32.1. The van der Waals surface area contributed by atoms with E-state index in [1.54, 1.807) is 11.3 Å². The van der Waals surface area contributed by atoms with E-state index in [1.165, 1.54) is 24.3 Å². The first-order valence-corrected chi connectivity index (χ1v) is 8.50. The molecule has 0 spiro atoms. The van der Waals surface area contributed by atoms with Gasteiger partial charge in [-0.05, 0) is 44.3 Å². The van der Waals surface area contributed by atoms with Gasteiger partial charge in [0.25, 0.3) is 0 Å². The van der Waals surface area contributed by atoms with E-state index in [0.717, 1.165) is 32.1 Å². The SMILES string of the molecule is CCNC(=NCc1cccs1)NCC1CCCN1CC. The van der Waals surface area contributed by atoms with Gasteiger partial charge in [0.05, 0.1) is 6.54 Å². The van der Waals surface area contributed by atoms with Crippen LogP contribution in [0.5, 0.6) is 0 Å². The summed E-state index contributed by atoms with van der Waals surface area (Å²) in [6.07, 6.45) is 2.62. The van der Waals surface area contributed by atoms with Crippen molar-refractivity contribution < 1.29 is 0 Å². The molecule has 5 heteroatoms. The fraction of sp³-hybridized carbons (Fsp3) is 0.667. The number of thiophene rings is 1. The van der Waals surface area contributed by atoms with E-state index in [-0.39, 0.29) is 0 Å². The second kappa shape index (κ2) is 8.27. The Hall–Kier alpha value is -1.07. The molecule has 20 heavy (non-hydrogen) atoms. The van der Waals surface area contributed by atoms with E-state index in [2.05, 4.69) is 51.9 Å². The van der Waals surface area contributed by atoms with Crippen LogP contribution in [0.4, 0.5) is 0 Å². The van der Waals surface area contributed by atoms with Gasteiger partial charge < -0.3 is 10.6 Å². The summed E-state index contributed by atoms with van der Waals surface area (Å²) in [5.41, 5.74) is 0. The third-order valence-electron chi connectivity index (χ3n) is 3.73. The van der Waals surface area contributed by atoms with Crippen LogP contribution in [-0.2, 0) is 6.54 Å². The summed E-state index contributed by atoms with van der Waals surface area (Å²) in [6, 6.07) is 4.87. The third-order valence-corrected chi connectivity index (χ3v) is 4.59. The number of likely N-dealkylation sites (N-methyl/N-ethyl adjacent to an activating group) is 1. The Morgan fingerprint density at radius 2 is 2.35 bits per heavy atom. The predicted molar refractivity (Wildman–Crippen MR) is 87.4 cm³/mol. The Labute approximate surface area is 126 Å². The number of nitrogens with one attached hydrogen (secondary N) is 2. The van der Waals surface area contributed by atoms with Crippen molar-refractivity contribution in [3.8, 4) is 0 Å². The zero-order valence-electron chi connectivity index (χ0n) is 12.6. The van der Waals surface area contributed by atoms with Gasteiger partial charge in [-0.2, -0.15) is 0 Å². The van der Waals surface area contributed by atoms with Crippen LogP contribution in [0.25, 0.3) is 0 Å². The minimum absolute atomic E-state index is 0.658. The summed E-state index contributed by atoms with van der Waals surface area (Å²) in [6.45, 7) is 9.39. The molecule has 0 saturated carbocycles. The molecule has 4 nitrogen and oxygen atoms in total. The van der Waals surface area contributed by atoms with Crippen LogP contribution >= 0.6 is 11.3 Å². The molecule has 1 atom stereocenters. The predicted octanol–water partition coefficient (Wildman–Crippen LogP) is 2.29. The Morgan fingerprint density at radius 3 is 3.05 bits per heavy atom. The van der Waals surface area contributed by atoms with E-state index < -0.39 is 0 Å². The standard InChI is InChI=1S/C15H26N4S/c1-3-16-15(18-12-14-8-6-10-20-14)17-11-13-7-5-9-19(13)4-2/h6,8,10,13H,3-5,7,9,11-12H2,1-2H3,(H2,16,17,18). The van der Waals surface area contributed by atoms with E-state index >= 15 is 0 Å². The molecule has 1 aliphatic rings. The zero-order chi connectivity index (χ0) is 14.2. The van der Waals surface area contributed by atoms with Crippen molar-refractivity contribution in [3.63, 3.8) is 0 Å². The van der Waals surface area contributed by atoms with Crippen LogP contribution in [0.3, 0.4) is 0 Å². The third kappa shape index (κ3) is 4.49. The molecule has 1 fully saturated rings.